The van der Waals surface area contributed by atoms with Crippen molar-refractivity contribution in [3.8, 4) is 11.5 Å². The van der Waals surface area contributed by atoms with Crippen LogP contribution in [-0.4, -0.2) is 20.2 Å². The maximum atomic E-state index is 8.74. The standard InChI is InChI=1S/C8H6BrN3O2/c9-6-1-5(2-10-3-6)8-11-7(4-13)12-14-8/h1-3,13H,4H2. The summed E-state index contributed by atoms with van der Waals surface area (Å²) in [5.74, 6) is 0.614. The first-order chi connectivity index (χ1) is 6.79. The summed E-state index contributed by atoms with van der Waals surface area (Å²) in [5.41, 5.74) is 0.714. The zero-order chi connectivity index (χ0) is 9.97. The van der Waals surface area contributed by atoms with Crippen LogP contribution >= 0.6 is 15.9 Å². The Morgan fingerprint density at radius 1 is 1.43 bits per heavy atom. The molecule has 0 spiro atoms. The molecule has 0 aliphatic heterocycles. The molecule has 0 saturated carbocycles. The summed E-state index contributed by atoms with van der Waals surface area (Å²) in [4.78, 5) is 7.91. The number of hydrogen-bond donors (Lipinski definition) is 1. The largest absolute Gasteiger partial charge is 0.388 e. The molecule has 0 aliphatic carbocycles. The van der Waals surface area contributed by atoms with Crippen LogP contribution in [0.4, 0.5) is 0 Å². The maximum Gasteiger partial charge on any atom is 0.259 e. The molecule has 0 fully saturated rings. The Morgan fingerprint density at radius 3 is 2.93 bits per heavy atom. The molecule has 2 heterocycles. The summed E-state index contributed by atoms with van der Waals surface area (Å²) in [6.07, 6.45) is 3.27. The van der Waals surface area contributed by atoms with Gasteiger partial charge in [-0.15, -0.1) is 0 Å². The van der Waals surface area contributed by atoms with Crippen molar-refractivity contribution in [2.24, 2.45) is 0 Å². The zero-order valence-corrected chi connectivity index (χ0v) is 8.60. The van der Waals surface area contributed by atoms with Gasteiger partial charge in [-0.1, -0.05) is 5.16 Å². The quantitative estimate of drug-likeness (QED) is 0.878. The number of aliphatic hydroxyl groups excluding tert-OH is 1. The fourth-order valence-electron chi connectivity index (χ4n) is 0.964. The molecule has 0 radical (unpaired) electrons. The van der Waals surface area contributed by atoms with E-state index in [0.717, 1.165) is 4.47 Å². The number of aliphatic hydroxyl groups is 1. The van der Waals surface area contributed by atoms with Gasteiger partial charge in [-0.25, -0.2) is 0 Å². The Bertz CT molecular complexity index is 444. The first-order valence-corrected chi connectivity index (χ1v) is 4.63. The normalized spacial score (nSPS) is 10.4. The van der Waals surface area contributed by atoms with Crippen LogP contribution in [0.15, 0.2) is 27.5 Å². The van der Waals surface area contributed by atoms with E-state index >= 15 is 0 Å². The Balaban J connectivity index is 2.39. The van der Waals surface area contributed by atoms with E-state index in [1.807, 2.05) is 6.07 Å². The molecule has 2 aromatic heterocycles. The van der Waals surface area contributed by atoms with Gasteiger partial charge >= 0.3 is 0 Å². The fraction of sp³-hybridized carbons (Fsp3) is 0.125. The third kappa shape index (κ3) is 1.80. The van der Waals surface area contributed by atoms with E-state index in [4.69, 9.17) is 9.63 Å². The van der Waals surface area contributed by atoms with Gasteiger partial charge in [0, 0.05) is 16.9 Å². The highest BCUT2D eigenvalue weighted by Crippen LogP contribution is 2.19. The second-order valence-electron chi connectivity index (χ2n) is 2.57. The Kier molecular flexibility index (Phi) is 2.55. The first-order valence-electron chi connectivity index (χ1n) is 3.84. The number of nitrogens with zero attached hydrogens (tertiary/aromatic N) is 3. The highest BCUT2D eigenvalue weighted by Gasteiger charge is 2.08. The fourth-order valence-corrected chi connectivity index (χ4v) is 1.33. The Labute approximate surface area is 87.9 Å². The molecule has 0 amide bonds. The maximum absolute atomic E-state index is 8.74. The monoisotopic (exact) mass is 255 g/mol. The molecule has 5 nitrogen and oxygen atoms in total. The minimum Gasteiger partial charge on any atom is -0.388 e. The van der Waals surface area contributed by atoms with Gasteiger partial charge in [0.15, 0.2) is 5.82 Å². The number of hydrogen-bond acceptors (Lipinski definition) is 5. The number of pyridine rings is 1. The first kappa shape index (κ1) is 9.29. The lowest BCUT2D eigenvalue weighted by Gasteiger charge is -1.92. The molecule has 1 N–H and O–H groups in total. The van der Waals surface area contributed by atoms with E-state index in [0.29, 0.717) is 11.5 Å². The van der Waals surface area contributed by atoms with Gasteiger partial charge in [-0.05, 0) is 22.0 Å². The minimum absolute atomic E-state index is 0.231. The summed E-state index contributed by atoms with van der Waals surface area (Å²) in [6.45, 7) is -0.231. The van der Waals surface area contributed by atoms with Gasteiger partial charge in [0.05, 0.1) is 5.56 Å². The lowest BCUT2D eigenvalue weighted by Crippen LogP contribution is -1.85. The van der Waals surface area contributed by atoms with Gasteiger partial charge in [0.1, 0.15) is 6.61 Å². The van der Waals surface area contributed by atoms with Crippen molar-refractivity contribution in [2.75, 3.05) is 0 Å². The molecule has 0 atom stereocenters. The van der Waals surface area contributed by atoms with Gasteiger partial charge in [0.2, 0.25) is 0 Å². The molecule has 14 heavy (non-hydrogen) atoms. The van der Waals surface area contributed by atoms with Gasteiger partial charge in [-0.2, -0.15) is 4.98 Å². The topological polar surface area (TPSA) is 72.0 Å². The van der Waals surface area contributed by atoms with Crippen LogP contribution in [0.3, 0.4) is 0 Å². The van der Waals surface area contributed by atoms with Gasteiger partial charge < -0.3 is 9.63 Å². The van der Waals surface area contributed by atoms with E-state index in [1.165, 1.54) is 0 Å². The third-order valence-electron chi connectivity index (χ3n) is 1.56. The van der Waals surface area contributed by atoms with Gasteiger partial charge in [0.25, 0.3) is 5.89 Å². The third-order valence-corrected chi connectivity index (χ3v) is 2.00. The summed E-state index contributed by atoms with van der Waals surface area (Å²) in [6, 6.07) is 1.81. The molecular weight excluding hydrogens is 250 g/mol. The molecular formula is C8H6BrN3O2. The lowest BCUT2D eigenvalue weighted by atomic mass is 10.3. The average molecular weight is 256 g/mol. The second kappa shape index (κ2) is 3.85. The van der Waals surface area contributed by atoms with E-state index in [9.17, 15) is 0 Å². The molecule has 0 unspecified atom stereocenters. The summed E-state index contributed by atoms with van der Waals surface area (Å²) >= 11 is 3.28. The Morgan fingerprint density at radius 2 is 2.29 bits per heavy atom. The lowest BCUT2D eigenvalue weighted by molar-refractivity contribution is 0.264. The smallest absolute Gasteiger partial charge is 0.259 e. The average Bonchev–Trinajstić information content (AvgIpc) is 2.66. The van der Waals surface area contributed by atoms with Crippen molar-refractivity contribution in [1.82, 2.24) is 15.1 Å². The van der Waals surface area contributed by atoms with E-state index in [1.54, 1.807) is 12.4 Å². The van der Waals surface area contributed by atoms with Crippen molar-refractivity contribution < 1.29 is 9.63 Å². The molecule has 6 heteroatoms. The number of halogens is 1. The molecule has 0 bridgehead atoms. The Hall–Kier alpha value is -1.27. The molecule has 0 aromatic carbocycles. The van der Waals surface area contributed by atoms with Crippen LogP contribution in [0.5, 0.6) is 0 Å². The number of rotatable bonds is 2. The highest BCUT2D eigenvalue weighted by molar-refractivity contribution is 9.10. The van der Waals surface area contributed by atoms with Crippen LogP contribution in [0, 0.1) is 0 Å². The summed E-state index contributed by atoms with van der Waals surface area (Å²) < 4.78 is 5.75. The van der Waals surface area contributed by atoms with Crippen molar-refractivity contribution in [1.29, 1.82) is 0 Å². The molecule has 2 aromatic rings. The van der Waals surface area contributed by atoms with Crippen LogP contribution in [0.25, 0.3) is 11.5 Å². The molecule has 2 rings (SSSR count). The van der Waals surface area contributed by atoms with E-state index in [2.05, 4.69) is 31.1 Å². The zero-order valence-electron chi connectivity index (χ0n) is 7.01. The molecule has 0 aliphatic rings. The molecule has 0 saturated heterocycles. The molecule has 72 valence electrons. The van der Waals surface area contributed by atoms with Gasteiger partial charge in [-0.3, -0.25) is 4.98 Å². The SMILES string of the molecule is OCc1noc(-c2cncc(Br)c2)n1. The van der Waals surface area contributed by atoms with Crippen molar-refractivity contribution in [3.05, 3.63) is 28.8 Å². The van der Waals surface area contributed by atoms with Crippen LogP contribution < -0.4 is 0 Å². The van der Waals surface area contributed by atoms with E-state index in [-0.39, 0.29) is 12.4 Å². The second-order valence-corrected chi connectivity index (χ2v) is 3.48. The van der Waals surface area contributed by atoms with Crippen LogP contribution in [0.1, 0.15) is 5.82 Å². The highest BCUT2D eigenvalue weighted by atomic mass is 79.9. The van der Waals surface area contributed by atoms with Crippen molar-refractivity contribution in [3.63, 3.8) is 0 Å². The van der Waals surface area contributed by atoms with Crippen molar-refractivity contribution >= 4 is 15.9 Å². The summed E-state index contributed by atoms with van der Waals surface area (Å²) in [5, 5.41) is 12.3. The summed E-state index contributed by atoms with van der Waals surface area (Å²) in [7, 11) is 0. The number of aromatic nitrogens is 3. The minimum atomic E-state index is -0.231. The predicted molar refractivity (Wildman–Crippen MR) is 51.2 cm³/mol. The van der Waals surface area contributed by atoms with E-state index < -0.39 is 0 Å². The van der Waals surface area contributed by atoms with Crippen LogP contribution in [-0.2, 0) is 6.61 Å². The predicted octanol–water partition coefficient (Wildman–Crippen LogP) is 1.39. The van der Waals surface area contributed by atoms with Crippen molar-refractivity contribution in [2.45, 2.75) is 6.61 Å². The van der Waals surface area contributed by atoms with Crippen LogP contribution in [0.2, 0.25) is 0 Å².